The van der Waals surface area contributed by atoms with Crippen LogP contribution in [0.15, 0.2) is 53.3 Å². The molecule has 1 aliphatic heterocycles. The maximum atomic E-state index is 13.2. The largest absolute Gasteiger partial charge is 0.334 e. The number of hydrogen-bond donors (Lipinski definition) is 1. The van der Waals surface area contributed by atoms with Gasteiger partial charge in [-0.25, -0.2) is 5.10 Å². The van der Waals surface area contributed by atoms with Crippen molar-refractivity contribution >= 4 is 16.7 Å². The topological polar surface area (TPSA) is 66.1 Å². The third-order valence-corrected chi connectivity index (χ3v) is 5.36. The lowest BCUT2D eigenvalue weighted by Gasteiger charge is -2.21. The van der Waals surface area contributed by atoms with Crippen molar-refractivity contribution in [2.24, 2.45) is 0 Å². The number of aromatic amines is 1. The first kappa shape index (κ1) is 16.5. The Morgan fingerprint density at radius 1 is 1.12 bits per heavy atom. The summed E-state index contributed by atoms with van der Waals surface area (Å²) in [5.74, 6) is 0.199. The van der Waals surface area contributed by atoms with Gasteiger partial charge in [0.1, 0.15) is 0 Å². The summed E-state index contributed by atoms with van der Waals surface area (Å²) in [6, 6.07) is 15.6. The van der Waals surface area contributed by atoms with Crippen LogP contribution >= 0.6 is 0 Å². The Morgan fingerprint density at radius 3 is 2.58 bits per heavy atom. The van der Waals surface area contributed by atoms with E-state index in [-0.39, 0.29) is 17.5 Å². The number of carbonyl (C=O) groups excluding carboxylic acids is 1. The predicted molar refractivity (Wildman–Crippen MR) is 101 cm³/mol. The molecule has 1 aliphatic rings. The van der Waals surface area contributed by atoms with Crippen molar-refractivity contribution in [3.8, 4) is 0 Å². The van der Waals surface area contributed by atoms with Crippen LogP contribution in [0.1, 0.15) is 40.9 Å². The molecule has 0 aliphatic carbocycles. The van der Waals surface area contributed by atoms with E-state index in [0.29, 0.717) is 28.9 Å². The quantitative estimate of drug-likeness (QED) is 0.774. The molecule has 4 rings (SSSR count). The lowest BCUT2D eigenvalue weighted by Crippen LogP contribution is -2.35. The van der Waals surface area contributed by atoms with Crippen LogP contribution in [0.2, 0.25) is 0 Å². The van der Waals surface area contributed by atoms with Gasteiger partial charge in [0.15, 0.2) is 5.69 Å². The Kier molecular flexibility index (Phi) is 4.07. The summed E-state index contributed by atoms with van der Waals surface area (Å²) in [6.07, 6.45) is 0.928. The van der Waals surface area contributed by atoms with E-state index in [9.17, 15) is 9.59 Å². The third-order valence-electron chi connectivity index (χ3n) is 5.36. The molecule has 1 N–H and O–H groups in total. The van der Waals surface area contributed by atoms with Crippen LogP contribution in [0.5, 0.6) is 0 Å². The molecular weight excluding hydrogens is 326 g/mol. The number of nitrogens with zero attached hydrogens (tertiary/aromatic N) is 2. The van der Waals surface area contributed by atoms with E-state index < -0.39 is 0 Å². The minimum Gasteiger partial charge on any atom is -0.334 e. The standard InChI is InChI=1S/C21H21N3O2/c1-13-7-3-4-8-16(13)15-11-14(2)24(12-15)21(26)19-17-9-5-6-10-18(17)20(25)23-22-19/h3-10,14-15H,11-12H2,1-2H3,(H,23,25). The molecule has 0 radical (unpaired) electrons. The van der Waals surface area contributed by atoms with Gasteiger partial charge < -0.3 is 4.90 Å². The average molecular weight is 347 g/mol. The Labute approximate surface area is 151 Å². The molecule has 3 aromatic rings. The minimum atomic E-state index is -0.274. The van der Waals surface area contributed by atoms with E-state index in [1.807, 2.05) is 17.0 Å². The number of amides is 1. The van der Waals surface area contributed by atoms with Crippen LogP contribution in [0, 0.1) is 6.92 Å². The zero-order chi connectivity index (χ0) is 18.3. The van der Waals surface area contributed by atoms with Crippen molar-refractivity contribution in [1.82, 2.24) is 15.1 Å². The molecule has 132 valence electrons. The van der Waals surface area contributed by atoms with E-state index in [2.05, 4.69) is 42.2 Å². The number of hydrogen-bond acceptors (Lipinski definition) is 3. The van der Waals surface area contributed by atoms with Gasteiger partial charge in [-0.1, -0.05) is 42.5 Å². The molecule has 5 heteroatoms. The molecular formula is C21H21N3O2. The van der Waals surface area contributed by atoms with Gasteiger partial charge in [0.25, 0.3) is 11.5 Å². The van der Waals surface area contributed by atoms with E-state index in [1.165, 1.54) is 11.1 Å². The molecule has 0 saturated carbocycles. The zero-order valence-corrected chi connectivity index (χ0v) is 14.9. The van der Waals surface area contributed by atoms with Gasteiger partial charge in [-0.05, 0) is 37.5 Å². The van der Waals surface area contributed by atoms with Crippen LogP contribution in [0.4, 0.5) is 0 Å². The number of likely N-dealkylation sites (tertiary alicyclic amines) is 1. The normalized spacial score (nSPS) is 19.8. The first-order valence-electron chi connectivity index (χ1n) is 8.90. The molecule has 1 fully saturated rings. The van der Waals surface area contributed by atoms with Gasteiger partial charge in [0, 0.05) is 23.9 Å². The Bertz CT molecular complexity index is 1040. The summed E-state index contributed by atoms with van der Waals surface area (Å²) in [5, 5.41) is 7.63. The molecule has 5 nitrogen and oxygen atoms in total. The minimum absolute atomic E-state index is 0.124. The molecule has 1 aromatic heterocycles. The second-order valence-corrected chi connectivity index (χ2v) is 7.04. The molecule has 0 spiro atoms. The average Bonchev–Trinajstić information content (AvgIpc) is 3.03. The van der Waals surface area contributed by atoms with Gasteiger partial charge >= 0.3 is 0 Å². The second kappa shape index (κ2) is 6.41. The van der Waals surface area contributed by atoms with Crippen LogP contribution in [0.3, 0.4) is 0 Å². The van der Waals surface area contributed by atoms with Gasteiger partial charge in [0.2, 0.25) is 0 Å². The zero-order valence-electron chi connectivity index (χ0n) is 14.9. The Balaban J connectivity index is 1.69. The van der Waals surface area contributed by atoms with Gasteiger partial charge in [-0.3, -0.25) is 9.59 Å². The van der Waals surface area contributed by atoms with Crippen molar-refractivity contribution < 1.29 is 4.79 Å². The number of nitrogens with one attached hydrogen (secondary N) is 1. The van der Waals surface area contributed by atoms with Gasteiger partial charge in [0.05, 0.1) is 5.39 Å². The Hall–Kier alpha value is -2.95. The lowest BCUT2D eigenvalue weighted by atomic mass is 9.93. The van der Waals surface area contributed by atoms with Crippen molar-refractivity contribution in [3.63, 3.8) is 0 Å². The fourth-order valence-electron chi connectivity index (χ4n) is 4.00. The predicted octanol–water partition coefficient (Wildman–Crippen LogP) is 3.25. The number of benzene rings is 2. The molecule has 2 unspecified atom stereocenters. The molecule has 26 heavy (non-hydrogen) atoms. The molecule has 2 heterocycles. The summed E-state index contributed by atoms with van der Waals surface area (Å²) in [4.78, 5) is 27.0. The fourth-order valence-corrected chi connectivity index (χ4v) is 4.00. The number of H-pyrrole nitrogens is 1. The second-order valence-electron chi connectivity index (χ2n) is 7.04. The summed E-state index contributed by atoms with van der Waals surface area (Å²) in [7, 11) is 0. The van der Waals surface area contributed by atoms with Crippen molar-refractivity contribution in [3.05, 3.63) is 75.7 Å². The van der Waals surface area contributed by atoms with Gasteiger partial charge in [-0.15, -0.1) is 0 Å². The van der Waals surface area contributed by atoms with E-state index in [1.54, 1.807) is 18.2 Å². The molecule has 1 saturated heterocycles. The number of aromatic nitrogens is 2. The van der Waals surface area contributed by atoms with Crippen molar-refractivity contribution in [2.75, 3.05) is 6.54 Å². The van der Waals surface area contributed by atoms with E-state index in [0.717, 1.165) is 6.42 Å². The number of fused-ring (bicyclic) bond motifs is 1. The third kappa shape index (κ3) is 2.69. The van der Waals surface area contributed by atoms with E-state index in [4.69, 9.17) is 0 Å². The number of aryl methyl sites for hydroxylation is 1. The lowest BCUT2D eigenvalue weighted by molar-refractivity contribution is 0.0741. The first-order chi connectivity index (χ1) is 12.6. The number of rotatable bonds is 2. The summed E-state index contributed by atoms with van der Waals surface area (Å²) < 4.78 is 0. The van der Waals surface area contributed by atoms with Crippen molar-refractivity contribution in [2.45, 2.75) is 32.2 Å². The first-order valence-corrected chi connectivity index (χ1v) is 8.90. The van der Waals surface area contributed by atoms with E-state index >= 15 is 0 Å². The SMILES string of the molecule is Cc1ccccc1C1CC(C)N(C(=O)c2n[nH]c(=O)c3ccccc23)C1. The van der Waals surface area contributed by atoms with Crippen LogP contribution in [-0.2, 0) is 0 Å². The summed E-state index contributed by atoms with van der Waals surface area (Å²) in [5.41, 5.74) is 2.60. The Morgan fingerprint density at radius 2 is 1.81 bits per heavy atom. The van der Waals surface area contributed by atoms with Crippen molar-refractivity contribution in [1.29, 1.82) is 0 Å². The highest BCUT2D eigenvalue weighted by atomic mass is 16.2. The number of carbonyl (C=O) groups is 1. The molecule has 2 atom stereocenters. The molecule has 0 bridgehead atoms. The van der Waals surface area contributed by atoms with Gasteiger partial charge in [-0.2, -0.15) is 5.10 Å². The highest BCUT2D eigenvalue weighted by molar-refractivity contribution is 6.04. The molecule has 1 amide bonds. The van der Waals surface area contributed by atoms with Crippen LogP contribution in [-0.4, -0.2) is 33.6 Å². The maximum Gasteiger partial charge on any atom is 0.275 e. The fraction of sp³-hybridized carbons (Fsp3) is 0.286. The summed E-state index contributed by atoms with van der Waals surface area (Å²) >= 11 is 0. The summed E-state index contributed by atoms with van der Waals surface area (Å²) in [6.45, 7) is 4.85. The highest BCUT2D eigenvalue weighted by Gasteiger charge is 2.35. The highest BCUT2D eigenvalue weighted by Crippen LogP contribution is 2.34. The smallest absolute Gasteiger partial charge is 0.275 e. The van der Waals surface area contributed by atoms with Crippen LogP contribution < -0.4 is 5.56 Å². The van der Waals surface area contributed by atoms with Crippen LogP contribution in [0.25, 0.3) is 10.8 Å². The molecule has 2 aromatic carbocycles. The monoisotopic (exact) mass is 347 g/mol. The maximum absolute atomic E-state index is 13.2.